The van der Waals surface area contributed by atoms with Gasteiger partial charge in [0.25, 0.3) is 0 Å². The minimum Gasteiger partial charge on any atom is -0.505 e. The van der Waals surface area contributed by atoms with Crippen LogP contribution in [-0.4, -0.2) is 5.11 Å². The van der Waals surface area contributed by atoms with Crippen LogP contribution in [0.3, 0.4) is 0 Å². The molecule has 0 amide bonds. The summed E-state index contributed by atoms with van der Waals surface area (Å²) in [5.41, 5.74) is 2.32. The van der Waals surface area contributed by atoms with Crippen molar-refractivity contribution in [3.63, 3.8) is 0 Å². The number of aryl methyl sites for hydroxylation is 1. The third kappa shape index (κ3) is 2.26. The fraction of sp³-hybridized carbons (Fsp3) is 0.0588. The van der Waals surface area contributed by atoms with Crippen LogP contribution in [0, 0.1) is 6.92 Å². The smallest absolute Gasteiger partial charge is 0.150 e. The van der Waals surface area contributed by atoms with Crippen molar-refractivity contribution >= 4 is 22.1 Å². The van der Waals surface area contributed by atoms with Gasteiger partial charge in [-0.1, -0.05) is 42.5 Å². The van der Waals surface area contributed by atoms with E-state index in [1.165, 1.54) is 0 Å². The molecule has 1 N–H and O–H groups in total. The van der Waals surface area contributed by atoms with Crippen LogP contribution in [-0.2, 0) is 0 Å². The van der Waals surface area contributed by atoms with E-state index in [4.69, 9.17) is 0 Å². The lowest BCUT2D eigenvalue weighted by molar-refractivity contribution is 0.482. The monoisotopic (exact) mass is 262 g/mol. The van der Waals surface area contributed by atoms with Crippen LogP contribution in [0.5, 0.6) is 5.75 Å². The van der Waals surface area contributed by atoms with Gasteiger partial charge in [-0.3, -0.25) is 0 Å². The van der Waals surface area contributed by atoms with Crippen LogP contribution >= 0.6 is 0 Å². The van der Waals surface area contributed by atoms with E-state index in [9.17, 15) is 5.11 Å². The number of nitrogens with zero attached hydrogens (tertiary/aromatic N) is 2. The first-order chi connectivity index (χ1) is 9.75. The number of aromatic hydroxyl groups is 1. The summed E-state index contributed by atoms with van der Waals surface area (Å²) < 4.78 is 0. The van der Waals surface area contributed by atoms with Gasteiger partial charge in [0, 0.05) is 5.39 Å². The largest absolute Gasteiger partial charge is 0.505 e. The third-order valence-electron chi connectivity index (χ3n) is 3.23. The van der Waals surface area contributed by atoms with Crippen molar-refractivity contribution in [2.45, 2.75) is 6.92 Å². The molecule has 0 radical (unpaired) electrons. The van der Waals surface area contributed by atoms with Crippen LogP contribution in [0.25, 0.3) is 10.8 Å². The second-order valence-electron chi connectivity index (χ2n) is 4.64. The molecule has 0 atom stereocenters. The maximum atomic E-state index is 10.3. The number of phenols is 1. The quantitative estimate of drug-likeness (QED) is 0.628. The van der Waals surface area contributed by atoms with Crippen molar-refractivity contribution in [3.8, 4) is 5.75 Å². The van der Waals surface area contributed by atoms with Crippen molar-refractivity contribution in [1.82, 2.24) is 0 Å². The van der Waals surface area contributed by atoms with Gasteiger partial charge in [0.15, 0.2) is 5.75 Å². The average molecular weight is 262 g/mol. The van der Waals surface area contributed by atoms with Gasteiger partial charge in [-0.25, -0.2) is 0 Å². The van der Waals surface area contributed by atoms with E-state index in [1.54, 1.807) is 0 Å². The molecule has 3 aromatic rings. The molecule has 20 heavy (non-hydrogen) atoms. The fourth-order valence-electron chi connectivity index (χ4n) is 2.21. The van der Waals surface area contributed by atoms with E-state index < -0.39 is 0 Å². The Bertz CT molecular complexity index is 780. The van der Waals surface area contributed by atoms with Crippen molar-refractivity contribution in [1.29, 1.82) is 0 Å². The lowest BCUT2D eigenvalue weighted by Gasteiger charge is -2.06. The highest BCUT2D eigenvalue weighted by Gasteiger charge is 2.08. The Morgan fingerprint density at radius 3 is 2.20 bits per heavy atom. The predicted octanol–water partition coefficient (Wildman–Crippen LogP) is 5.27. The lowest BCUT2D eigenvalue weighted by atomic mass is 10.0. The van der Waals surface area contributed by atoms with Crippen LogP contribution in [0.1, 0.15) is 5.56 Å². The van der Waals surface area contributed by atoms with E-state index in [0.717, 1.165) is 22.0 Å². The summed E-state index contributed by atoms with van der Waals surface area (Å²) in [5, 5.41) is 20.4. The number of rotatable bonds is 2. The third-order valence-corrected chi connectivity index (χ3v) is 3.23. The van der Waals surface area contributed by atoms with E-state index in [-0.39, 0.29) is 5.75 Å². The highest BCUT2D eigenvalue weighted by molar-refractivity contribution is 5.94. The van der Waals surface area contributed by atoms with Gasteiger partial charge in [0.2, 0.25) is 0 Å². The van der Waals surface area contributed by atoms with Crippen molar-refractivity contribution in [2.75, 3.05) is 0 Å². The molecule has 0 fully saturated rings. The summed E-state index contributed by atoms with van der Waals surface area (Å²) in [7, 11) is 0. The van der Waals surface area contributed by atoms with Gasteiger partial charge in [0.05, 0.1) is 5.69 Å². The van der Waals surface area contributed by atoms with Crippen LogP contribution in [0.15, 0.2) is 70.9 Å². The number of benzene rings is 3. The second kappa shape index (κ2) is 5.13. The zero-order valence-corrected chi connectivity index (χ0v) is 11.1. The summed E-state index contributed by atoms with van der Waals surface area (Å²) in [6.45, 7) is 2.00. The second-order valence-corrected chi connectivity index (χ2v) is 4.64. The molecule has 3 aromatic carbocycles. The molecule has 0 saturated carbocycles. The maximum absolute atomic E-state index is 10.3. The van der Waals surface area contributed by atoms with Gasteiger partial charge in [0.1, 0.15) is 5.69 Å². The predicted molar refractivity (Wildman–Crippen MR) is 81.0 cm³/mol. The van der Waals surface area contributed by atoms with E-state index in [1.807, 2.05) is 67.6 Å². The molecule has 0 aliphatic heterocycles. The van der Waals surface area contributed by atoms with Gasteiger partial charge in [-0.05, 0) is 36.1 Å². The van der Waals surface area contributed by atoms with Crippen molar-refractivity contribution in [2.24, 2.45) is 10.2 Å². The summed E-state index contributed by atoms with van der Waals surface area (Å²) in [6.07, 6.45) is 0. The van der Waals surface area contributed by atoms with Gasteiger partial charge >= 0.3 is 0 Å². The summed E-state index contributed by atoms with van der Waals surface area (Å²) in [6, 6.07) is 19.1. The first-order valence-corrected chi connectivity index (χ1v) is 6.44. The normalized spacial score (nSPS) is 11.2. The highest BCUT2D eigenvalue weighted by atomic mass is 16.3. The Hall–Kier alpha value is -2.68. The Morgan fingerprint density at radius 1 is 0.800 bits per heavy atom. The molecule has 3 heteroatoms. The fourth-order valence-corrected chi connectivity index (χ4v) is 2.21. The topological polar surface area (TPSA) is 45.0 Å². The maximum Gasteiger partial charge on any atom is 0.150 e. The Balaban J connectivity index is 2.09. The Morgan fingerprint density at radius 2 is 1.45 bits per heavy atom. The van der Waals surface area contributed by atoms with E-state index in [0.29, 0.717) is 5.69 Å². The zero-order valence-electron chi connectivity index (χ0n) is 11.1. The van der Waals surface area contributed by atoms with Gasteiger partial charge < -0.3 is 5.11 Å². The van der Waals surface area contributed by atoms with E-state index in [2.05, 4.69) is 10.2 Å². The summed E-state index contributed by atoms with van der Waals surface area (Å²) >= 11 is 0. The van der Waals surface area contributed by atoms with Crippen molar-refractivity contribution in [3.05, 3.63) is 66.2 Å². The standard InChI is InChI=1S/C17H14N2O/c1-12-11-16(19-18-13-7-3-2-4-8-13)17(20)15-10-6-5-9-14(12)15/h2-11,20H,1H3. The molecule has 0 aliphatic rings. The van der Waals surface area contributed by atoms with Crippen LogP contribution in [0.4, 0.5) is 11.4 Å². The minimum absolute atomic E-state index is 0.172. The molecule has 0 heterocycles. The highest BCUT2D eigenvalue weighted by Crippen LogP contribution is 2.37. The number of hydrogen-bond donors (Lipinski definition) is 1. The Labute approximate surface area is 117 Å². The molecule has 0 unspecified atom stereocenters. The SMILES string of the molecule is Cc1cc(N=Nc2ccccc2)c(O)c2ccccc12. The first-order valence-electron chi connectivity index (χ1n) is 6.44. The molecular weight excluding hydrogens is 248 g/mol. The molecule has 0 aliphatic carbocycles. The lowest BCUT2D eigenvalue weighted by Crippen LogP contribution is -1.80. The summed E-state index contributed by atoms with van der Waals surface area (Å²) in [5.74, 6) is 0.172. The molecule has 3 rings (SSSR count). The summed E-state index contributed by atoms with van der Waals surface area (Å²) in [4.78, 5) is 0. The average Bonchev–Trinajstić information content (AvgIpc) is 2.50. The molecule has 98 valence electrons. The number of azo groups is 1. The van der Waals surface area contributed by atoms with Crippen LogP contribution < -0.4 is 0 Å². The van der Waals surface area contributed by atoms with Crippen molar-refractivity contribution < 1.29 is 5.11 Å². The molecule has 0 aromatic heterocycles. The van der Waals surface area contributed by atoms with E-state index >= 15 is 0 Å². The number of fused-ring (bicyclic) bond motifs is 1. The molecule has 0 spiro atoms. The zero-order chi connectivity index (χ0) is 13.9. The van der Waals surface area contributed by atoms with Crippen LogP contribution in [0.2, 0.25) is 0 Å². The molecule has 0 bridgehead atoms. The minimum atomic E-state index is 0.172. The van der Waals surface area contributed by atoms with Gasteiger partial charge in [-0.15, -0.1) is 5.11 Å². The number of hydrogen-bond acceptors (Lipinski definition) is 3. The Kier molecular flexibility index (Phi) is 3.17. The molecular formula is C17H14N2O. The molecule has 0 saturated heterocycles. The molecule has 3 nitrogen and oxygen atoms in total. The number of phenolic OH excluding ortho intramolecular Hbond substituents is 1. The van der Waals surface area contributed by atoms with Gasteiger partial charge in [-0.2, -0.15) is 5.11 Å². The first kappa shape index (κ1) is 12.4.